The van der Waals surface area contributed by atoms with Gasteiger partial charge in [0.15, 0.2) is 5.69 Å². The molecule has 1 aliphatic carbocycles. The van der Waals surface area contributed by atoms with E-state index in [1.807, 2.05) is 18.8 Å². The first-order chi connectivity index (χ1) is 13.5. The number of fused-ring (bicyclic) bond motifs is 1. The Morgan fingerprint density at radius 1 is 1.25 bits per heavy atom. The summed E-state index contributed by atoms with van der Waals surface area (Å²) in [6, 6.07) is 10.6. The highest BCUT2D eigenvalue weighted by atomic mass is 32.1. The molecule has 0 aliphatic heterocycles. The zero-order valence-electron chi connectivity index (χ0n) is 16.6. The lowest BCUT2D eigenvalue weighted by atomic mass is 10.1. The summed E-state index contributed by atoms with van der Waals surface area (Å²) in [6.45, 7) is 2.64. The minimum Gasteiger partial charge on any atom is -0.349 e. The summed E-state index contributed by atoms with van der Waals surface area (Å²) in [7, 11) is 4.08. The van der Waals surface area contributed by atoms with E-state index in [1.165, 1.54) is 16.8 Å². The second-order valence-corrected chi connectivity index (χ2v) is 8.40. The first-order valence-electron chi connectivity index (χ1n) is 9.69. The Morgan fingerprint density at radius 3 is 2.71 bits per heavy atom. The van der Waals surface area contributed by atoms with Crippen LogP contribution in [-0.2, 0) is 12.8 Å². The molecule has 28 heavy (non-hydrogen) atoms. The van der Waals surface area contributed by atoms with Crippen molar-refractivity contribution < 1.29 is 4.79 Å². The lowest BCUT2D eigenvalue weighted by molar-refractivity contribution is 0.0935. The molecule has 0 spiro atoms. The Hall–Kier alpha value is -2.44. The number of carbonyl (C=O) groups excluding carboxylic acids is 1. The standard InChI is InChI=1S/C22H26N4OS/c1-15-7-9-17(10-8-15)26-19-6-4-5-18(19)21(24-26)22(27)23-13-20(25(2)3)16-11-12-28-14-16/h7-12,14,20H,4-6,13H2,1-3H3,(H,23,27). The zero-order valence-corrected chi connectivity index (χ0v) is 17.4. The molecule has 2 aromatic heterocycles. The normalized spacial score (nSPS) is 14.3. The predicted octanol–water partition coefficient (Wildman–Crippen LogP) is 3.76. The zero-order chi connectivity index (χ0) is 19.7. The fourth-order valence-electron chi connectivity index (χ4n) is 3.86. The number of likely N-dealkylation sites (N-methyl/N-ethyl adjacent to an activating group) is 1. The van der Waals surface area contributed by atoms with Gasteiger partial charge >= 0.3 is 0 Å². The van der Waals surface area contributed by atoms with Crippen LogP contribution in [0.25, 0.3) is 5.69 Å². The van der Waals surface area contributed by atoms with Crippen LogP contribution in [-0.4, -0.2) is 41.2 Å². The van der Waals surface area contributed by atoms with E-state index < -0.39 is 0 Å². The molecule has 1 N–H and O–H groups in total. The molecule has 146 valence electrons. The van der Waals surface area contributed by atoms with E-state index in [0.717, 1.165) is 30.5 Å². The first-order valence-corrected chi connectivity index (χ1v) is 10.6. The molecule has 1 amide bonds. The molecule has 0 fully saturated rings. The number of hydrogen-bond donors (Lipinski definition) is 1. The highest BCUT2D eigenvalue weighted by Crippen LogP contribution is 2.28. The minimum absolute atomic E-state index is 0.0777. The van der Waals surface area contributed by atoms with Crippen molar-refractivity contribution in [3.8, 4) is 5.69 Å². The number of benzene rings is 1. The third-order valence-electron chi connectivity index (χ3n) is 5.43. The van der Waals surface area contributed by atoms with Crippen LogP contribution < -0.4 is 5.32 Å². The van der Waals surface area contributed by atoms with E-state index in [1.54, 1.807) is 11.3 Å². The summed E-state index contributed by atoms with van der Waals surface area (Å²) in [5.41, 5.74) is 6.33. The number of aromatic nitrogens is 2. The van der Waals surface area contributed by atoms with Crippen LogP contribution in [0.15, 0.2) is 41.1 Å². The van der Waals surface area contributed by atoms with E-state index in [-0.39, 0.29) is 11.9 Å². The number of hydrogen-bond acceptors (Lipinski definition) is 4. The van der Waals surface area contributed by atoms with Gasteiger partial charge in [0.1, 0.15) is 0 Å². The number of carbonyl (C=O) groups is 1. The molecule has 0 bridgehead atoms. The Morgan fingerprint density at radius 2 is 2.04 bits per heavy atom. The van der Waals surface area contributed by atoms with Crippen molar-refractivity contribution in [1.82, 2.24) is 20.0 Å². The molecule has 1 atom stereocenters. The van der Waals surface area contributed by atoms with Gasteiger partial charge in [0.05, 0.1) is 11.7 Å². The maximum absolute atomic E-state index is 13.0. The molecule has 1 aromatic carbocycles. The van der Waals surface area contributed by atoms with Crippen LogP contribution in [0.2, 0.25) is 0 Å². The van der Waals surface area contributed by atoms with Crippen molar-refractivity contribution in [2.24, 2.45) is 0 Å². The summed E-state index contributed by atoms with van der Waals surface area (Å²) >= 11 is 1.68. The second kappa shape index (κ2) is 7.89. The summed E-state index contributed by atoms with van der Waals surface area (Å²) < 4.78 is 1.96. The van der Waals surface area contributed by atoms with Crippen LogP contribution in [0.1, 0.15) is 45.3 Å². The van der Waals surface area contributed by atoms with Gasteiger partial charge in [-0.1, -0.05) is 17.7 Å². The van der Waals surface area contributed by atoms with Gasteiger partial charge in [0.25, 0.3) is 5.91 Å². The van der Waals surface area contributed by atoms with Crippen molar-refractivity contribution >= 4 is 17.2 Å². The third kappa shape index (κ3) is 3.62. The monoisotopic (exact) mass is 394 g/mol. The minimum atomic E-state index is -0.0777. The Bertz CT molecular complexity index is 957. The number of rotatable bonds is 6. The first kappa shape index (κ1) is 18.9. The van der Waals surface area contributed by atoms with E-state index in [2.05, 4.69) is 58.2 Å². The predicted molar refractivity (Wildman–Crippen MR) is 113 cm³/mol. The van der Waals surface area contributed by atoms with Crippen LogP contribution in [0.4, 0.5) is 0 Å². The number of nitrogens with zero attached hydrogens (tertiary/aromatic N) is 3. The van der Waals surface area contributed by atoms with Gasteiger partial charge in [0, 0.05) is 17.8 Å². The molecule has 5 nitrogen and oxygen atoms in total. The Labute approximate surface area is 170 Å². The molecular weight excluding hydrogens is 368 g/mol. The highest BCUT2D eigenvalue weighted by Gasteiger charge is 2.27. The van der Waals surface area contributed by atoms with Crippen LogP contribution in [0.5, 0.6) is 0 Å². The Kier molecular flexibility index (Phi) is 5.33. The van der Waals surface area contributed by atoms with E-state index in [9.17, 15) is 4.79 Å². The average molecular weight is 395 g/mol. The summed E-state index contributed by atoms with van der Waals surface area (Å²) in [6.07, 6.45) is 2.97. The van der Waals surface area contributed by atoms with Crippen molar-refractivity contribution in [2.75, 3.05) is 20.6 Å². The highest BCUT2D eigenvalue weighted by molar-refractivity contribution is 7.07. The summed E-state index contributed by atoms with van der Waals surface area (Å²) in [5.74, 6) is -0.0777. The van der Waals surface area contributed by atoms with Crippen LogP contribution in [0, 0.1) is 6.92 Å². The van der Waals surface area contributed by atoms with Gasteiger partial charge in [-0.05, 0) is 74.8 Å². The topological polar surface area (TPSA) is 50.2 Å². The van der Waals surface area contributed by atoms with Crippen molar-refractivity contribution in [1.29, 1.82) is 0 Å². The maximum atomic E-state index is 13.0. The van der Waals surface area contributed by atoms with Gasteiger partial charge < -0.3 is 10.2 Å². The van der Waals surface area contributed by atoms with Crippen molar-refractivity contribution in [3.05, 3.63) is 69.2 Å². The largest absolute Gasteiger partial charge is 0.349 e. The van der Waals surface area contributed by atoms with E-state index in [4.69, 9.17) is 5.10 Å². The third-order valence-corrected chi connectivity index (χ3v) is 6.13. The lowest BCUT2D eigenvalue weighted by Crippen LogP contribution is -2.35. The molecule has 3 aromatic rings. The average Bonchev–Trinajstić information content (AvgIpc) is 3.40. The van der Waals surface area contributed by atoms with E-state index in [0.29, 0.717) is 12.2 Å². The molecule has 4 rings (SSSR count). The molecular formula is C22H26N4OS. The molecule has 0 saturated carbocycles. The summed E-state index contributed by atoms with van der Waals surface area (Å²) in [5, 5.41) is 12.0. The number of nitrogens with one attached hydrogen (secondary N) is 1. The lowest BCUT2D eigenvalue weighted by Gasteiger charge is -2.23. The fraction of sp³-hybridized carbons (Fsp3) is 0.364. The molecule has 0 saturated heterocycles. The maximum Gasteiger partial charge on any atom is 0.272 e. The molecule has 6 heteroatoms. The summed E-state index contributed by atoms with van der Waals surface area (Å²) in [4.78, 5) is 15.1. The van der Waals surface area contributed by atoms with Crippen molar-refractivity contribution in [2.45, 2.75) is 32.2 Å². The van der Waals surface area contributed by atoms with Gasteiger partial charge in [0.2, 0.25) is 0 Å². The Balaban J connectivity index is 1.56. The molecule has 1 unspecified atom stereocenters. The quantitative estimate of drug-likeness (QED) is 0.692. The second-order valence-electron chi connectivity index (χ2n) is 7.62. The van der Waals surface area contributed by atoms with Gasteiger partial charge in [-0.15, -0.1) is 0 Å². The smallest absolute Gasteiger partial charge is 0.272 e. The van der Waals surface area contributed by atoms with Crippen molar-refractivity contribution in [3.63, 3.8) is 0 Å². The number of amides is 1. The van der Waals surface area contributed by atoms with E-state index >= 15 is 0 Å². The fourth-order valence-corrected chi connectivity index (χ4v) is 4.56. The van der Waals surface area contributed by atoms with Crippen LogP contribution in [0.3, 0.4) is 0 Å². The van der Waals surface area contributed by atoms with Gasteiger partial charge in [-0.2, -0.15) is 16.4 Å². The SMILES string of the molecule is Cc1ccc(-n2nc(C(=O)NCC(c3ccsc3)N(C)C)c3c2CCC3)cc1. The molecule has 0 radical (unpaired) electrons. The van der Waals surface area contributed by atoms with Crippen LogP contribution >= 0.6 is 11.3 Å². The number of thiophene rings is 1. The van der Waals surface area contributed by atoms with Gasteiger partial charge in [-0.3, -0.25) is 4.79 Å². The number of aryl methyl sites for hydroxylation is 1. The van der Waals surface area contributed by atoms with Gasteiger partial charge in [-0.25, -0.2) is 4.68 Å². The molecule has 1 aliphatic rings. The molecule has 2 heterocycles.